The maximum Gasteiger partial charge on any atom is 0.307 e. The van der Waals surface area contributed by atoms with Gasteiger partial charge >= 0.3 is 5.97 Å². The number of esters is 1. The summed E-state index contributed by atoms with van der Waals surface area (Å²) >= 11 is 0. The van der Waals surface area contributed by atoms with Crippen LogP contribution >= 0.6 is 0 Å². The first-order valence-corrected chi connectivity index (χ1v) is 9.33. The van der Waals surface area contributed by atoms with Crippen molar-refractivity contribution < 1.29 is 41.8 Å². The van der Waals surface area contributed by atoms with Gasteiger partial charge in [0.25, 0.3) is 5.91 Å². The molecular formula is C21H18F3NO6. The van der Waals surface area contributed by atoms with Crippen LogP contribution in [0.1, 0.15) is 30.1 Å². The first-order chi connectivity index (χ1) is 14.8. The summed E-state index contributed by atoms with van der Waals surface area (Å²) in [7, 11) is 0. The zero-order valence-electron chi connectivity index (χ0n) is 16.4. The molecule has 1 aliphatic heterocycles. The van der Waals surface area contributed by atoms with E-state index in [-0.39, 0.29) is 18.6 Å². The Bertz CT molecular complexity index is 1030. The van der Waals surface area contributed by atoms with E-state index in [2.05, 4.69) is 0 Å². The van der Waals surface area contributed by atoms with Gasteiger partial charge in [0.2, 0.25) is 0 Å². The van der Waals surface area contributed by atoms with Crippen LogP contribution in [-0.4, -0.2) is 37.0 Å². The molecule has 7 nitrogen and oxygen atoms in total. The molecule has 3 rings (SSSR count). The van der Waals surface area contributed by atoms with Crippen molar-refractivity contribution in [3.05, 3.63) is 53.3 Å². The number of ketones is 1. The fourth-order valence-electron chi connectivity index (χ4n) is 2.74. The second-order valence-electron chi connectivity index (χ2n) is 6.63. The van der Waals surface area contributed by atoms with E-state index in [9.17, 15) is 27.6 Å². The van der Waals surface area contributed by atoms with Crippen molar-refractivity contribution in [3.8, 4) is 11.5 Å². The maximum atomic E-state index is 13.6. The summed E-state index contributed by atoms with van der Waals surface area (Å²) < 4.78 is 55.5. The highest BCUT2D eigenvalue weighted by molar-refractivity contribution is 5.98. The molecule has 1 atom stereocenters. The van der Waals surface area contributed by atoms with Crippen molar-refractivity contribution in [2.75, 3.05) is 18.5 Å². The lowest BCUT2D eigenvalue weighted by Gasteiger charge is -2.18. The summed E-state index contributed by atoms with van der Waals surface area (Å²) in [5.41, 5.74) is -0.266. The number of anilines is 1. The molecule has 0 bridgehead atoms. The number of carbonyl (C=O) groups excluding carboxylic acids is 3. The molecule has 1 amide bonds. The number of amides is 1. The minimum absolute atomic E-state index is 0.176. The molecule has 0 aliphatic carbocycles. The van der Waals surface area contributed by atoms with Crippen LogP contribution in [0.4, 0.5) is 18.9 Å². The van der Waals surface area contributed by atoms with Crippen molar-refractivity contribution in [2.45, 2.75) is 25.9 Å². The Kier molecular flexibility index (Phi) is 6.78. The van der Waals surface area contributed by atoms with Crippen LogP contribution in [0.25, 0.3) is 0 Å². The van der Waals surface area contributed by atoms with E-state index in [1.54, 1.807) is 12.1 Å². The van der Waals surface area contributed by atoms with Gasteiger partial charge in [-0.25, -0.2) is 13.2 Å². The number of halogens is 3. The average Bonchev–Trinajstić information content (AvgIpc) is 2.77. The molecule has 1 aliphatic rings. The zero-order valence-corrected chi connectivity index (χ0v) is 16.4. The third-order valence-electron chi connectivity index (χ3n) is 4.39. The van der Waals surface area contributed by atoms with Crippen LogP contribution in [0.2, 0.25) is 0 Å². The first kappa shape index (κ1) is 22.1. The zero-order chi connectivity index (χ0) is 22.5. The Morgan fingerprint density at radius 1 is 1.00 bits per heavy atom. The predicted octanol–water partition coefficient (Wildman–Crippen LogP) is 3.41. The van der Waals surface area contributed by atoms with E-state index in [1.165, 1.54) is 13.0 Å². The number of rotatable bonds is 7. The number of carbonyl (C=O) groups is 3. The monoisotopic (exact) mass is 437 g/mol. The van der Waals surface area contributed by atoms with E-state index < -0.39 is 41.1 Å². The lowest BCUT2D eigenvalue weighted by atomic mass is 10.1. The molecule has 0 aromatic heterocycles. The van der Waals surface area contributed by atoms with Crippen molar-refractivity contribution >= 4 is 23.3 Å². The van der Waals surface area contributed by atoms with Gasteiger partial charge in [-0.3, -0.25) is 14.4 Å². The molecule has 1 heterocycles. The molecule has 0 fully saturated rings. The summed E-state index contributed by atoms with van der Waals surface area (Å²) in [6, 6.07) is 6.16. The fraction of sp³-hybridized carbons (Fsp3) is 0.286. The van der Waals surface area contributed by atoms with Gasteiger partial charge < -0.3 is 19.5 Å². The summed E-state index contributed by atoms with van der Waals surface area (Å²) in [6.45, 7) is 2.00. The minimum atomic E-state index is -1.74. The van der Waals surface area contributed by atoms with Crippen molar-refractivity contribution in [1.82, 2.24) is 0 Å². The lowest BCUT2D eigenvalue weighted by Crippen LogP contribution is -2.30. The third-order valence-corrected chi connectivity index (χ3v) is 4.39. The Hall–Kier alpha value is -3.56. The van der Waals surface area contributed by atoms with Crippen LogP contribution in [0.5, 0.6) is 11.5 Å². The van der Waals surface area contributed by atoms with Crippen LogP contribution in [-0.2, 0) is 14.3 Å². The smallest absolute Gasteiger partial charge is 0.307 e. The molecule has 2 aromatic carbocycles. The number of Topliss-reactive ketones (excluding diaryl/α,β-unsaturated/α-hetero) is 1. The lowest BCUT2D eigenvalue weighted by molar-refractivity contribution is -0.153. The van der Waals surface area contributed by atoms with Crippen LogP contribution < -0.4 is 14.8 Å². The molecule has 0 spiro atoms. The van der Waals surface area contributed by atoms with E-state index in [4.69, 9.17) is 14.2 Å². The Morgan fingerprint density at radius 2 is 1.71 bits per heavy atom. The number of fused-ring (bicyclic) bond motifs is 1. The number of nitrogens with one attached hydrogen (secondary N) is 1. The first-order valence-electron chi connectivity index (χ1n) is 9.33. The molecule has 0 saturated carbocycles. The van der Waals surface area contributed by atoms with Gasteiger partial charge in [-0.15, -0.1) is 0 Å². The second kappa shape index (κ2) is 9.50. The fourth-order valence-corrected chi connectivity index (χ4v) is 2.74. The van der Waals surface area contributed by atoms with Crippen LogP contribution in [0.15, 0.2) is 30.3 Å². The minimum Gasteiger partial charge on any atom is -0.486 e. The summed E-state index contributed by atoms with van der Waals surface area (Å²) in [6.07, 6.45) is -1.83. The molecule has 0 radical (unpaired) electrons. The molecule has 164 valence electrons. The number of hydrogen-bond acceptors (Lipinski definition) is 6. The van der Waals surface area contributed by atoms with Gasteiger partial charge in [-0.2, -0.15) is 0 Å². The van der Waals surface area contributed by atoms with Gasteiger partial charge in [0.15, 0.2) is 40.8 Å². The van der Waals surface area contributed by atoms with Gasteiger partial charge in [-0.1, -0.05) is 0 Å². The summed E-state index contributed by atoms with van der Waals surface area (Å²) in [4.78, 5) is 36.3. The van der Waals surface area contributed by atoms with Crippen LogP contribution in [0.3, 0.4) is 0 Å². The van der Waals surface area contributed by atoms with Crippen molar-refractivity contribution in [3.63, 3.8) is 0 Å². The van der Waals surface area contributed by atoms with E-state index in [0.29, 0.717) is 36.3 Å². The highest BCUT2D eigenvalue weighted by Gasteiger charge is 2.22. The van der Waals surface area contributed by atoms with Gasteiger partial charge in [-0.05, 0) is 37.3 Å². The SMILES string of the molecule is C[C@@H](OC(=O)CCC(=O)c1ccc2c(c1)OCCO2)C(=O)Nc1ccc(F)c(F)c1F. The van der Waals surface area contributed by atoms with E-state index in [0.717, 1.165) is 6.07 Å². The average molecular weight is 437 g/mol. The quantitative estimate of drug-likeness (QED) is 0.406. The molecule has 10 heteroatoms. The molecule has 0 saturated heterocycles. The number of hydrogen-bond donors (Lipinski definition) is 1. The normalized spacial score (nSPS) is 13.3. The maximum absolute atomic E-state index is 13.6. The Labute approximate surface area is 175 Å². The standard InChI is InChI=1S/C21H18F3NO6/c1-11(21(28)25-14-4-3-13(22)19(23)20(14)24)31-18(27)7-5-15(26)12-2-6-16-17(10-12)30-9-8-29-16/h2-4,6,10-11H,5,7-9H2,1H3,(H,25,28)/t11-/m1/s1. The van der Waals surface area contributed by atoms with Gasteiger partial charge in [0, 0.05) is 12.0 Å². The molecule has 2 aromatic rings. The predicted molar refractivity (Wildman–Crippen MR) is 101 cm³/mol. The van der Waals surface area contributed by atoms with E-state index in [1.807, 2.05) is 5.32 Å². The molecule has 0 unspecified atom stereocenters. The van der Waals surface area contributed by atoms with Crippen molar-refractivity contribution in [2.24, 2.45) is 0 Å². The number of ether oxygens (including phenoxy) is 3. The third kappa shape index (κ3) is 5.33. The van der Waals surface area contributed by atoms with Gasteiger partial charge in [0.05, 0.1) is 12.1 Å². The molecule has 1 N–H and O–H groups in total. The van der Waals surface area contributed by atoms with Gasteiger partial charge in [0.1, 0.15) is 13.2 Å². The van der Waals surface area contributed by atoms with E-state index >= 15 is 0 Å². The summed E-state index contributed by atoms with van der Waals surface area (Å²) in [5.74, 6) is -5.87. The van der Waals surface area contributed by atoms with Crippen LogP contribution in [0, 0.1) is 17.5 Å². The molecule has 31 heavy (non-hydrogen) atoms. The second-order valence-corrected chi connectivity index (χ2v) is 6.63. The Morgan fingerprint density at radius 3 is 2.45 bits per heavy atom. The Balaban J connectivity index is 1.50. The largest absolute Gasteiger partial charge is 0.486 e. The topological polar surface area (TPSA) is 90.9 Å². The highest BCUT2D eigenvalue weighted by Crippen LogP contribution is 2.31. The molecular weight excluding hydrogens is 419 g/mol. The number of benzene rings is 2. The summed E-state index contributed by atoms with van der Waals surface area (Å²) in [5, 5.41) is 2.01. The highest BCUT2D eigenvalue weighted by atomic mass is 19.2. The van der Waals surface area contributed by atoms with Crippen molar-refractivity contribution in [1.29, 1.82) is 0 Å².